The summed E-state index contributed by atoms with van der Waals surface area (Å²) < 4.78 is 5.36. The molecule has 20 heavy (non-hydrogen) atoms. The second kappa shape index (κ2) is 5.52. The van der Waals surface area contributed by atoms with Crippen molar-refractivity contribution in [3.05, 3.63) is 17.3 Å². The van der Waals surface area contributed by atoms with E-state index in [-0.39, 0.29) is 12.5 Å². The number of nitrogens with one attached hydrogen (secondary N) is 1. The lowest BCUT2D eigenvalue weighted by Gasteiger charge is -2.23. The lowest BCUT2D eigenvalue weighted by atomic mass is 10.0. The number of hydrogen-bond acceptors (Lipinski definition) is 4. The molecule has 0 aliphatic carbocycles. The fourth-order valence-electron chi connectivity index (χ4n) is 2.42. The third-order valence-corrected chi connectivity index (χ3v) is 3.68. The van der Waals surface area contributed by atoms with Crippen LogP contribution in [0.4, 0.5) is 4.79 Å². The van der Waals surface area contributed by atoms with Crippen molar-refractivity contribution in [3.63, 3.8) is 0 Å². The molecule has 110 valence electrons. The van der Waals surface area contributed by atoms with Gasteiger partial charge in [0.05, 0.1) is 12.2 Å². The number of urea groups is 1. The summed E-state index contributed by atoms with van der Waals surface area (Å²) in [6.45, 7) is 6.08. The first-order valence-corrected chi connectivity index (χ1v) is 6.60. The lowest BCUT2D eigenvalue weighted by Crippen LogP contribution is -2.47. The number of carbonyl (C=O) groups is 2. The molecule has 0 spiro atoms. The third-order valence-electron chi connectivity index (χ3n) is 3.68. The Labute approximate surface area is 117 Å². The fourth-order valence-corrected chi connectivity index (χ4v) is 2.42. The minimum Gasteiger partial charge on any atom is -0.480 e. The molecule has 7 nitrogen and oxygen atoms in total. The highest BCUT2D eigenvalue weighted by molar-refractivity contribution is 5.83. The van der Waals surface area contributed by atoms with Gasteiger partial charge in [0.25, 0.3) is 0 Å². The number of nitrogens with zero attached hydrogens (tertiary/aromatic N) is 2. The van der Waals surface area contributed by atoms with E-state index in [2.05, 4.69) is 10.3 Å². The molecular formula is C13H19N3O4. The van der Waals surface area contributed by atoms with E-state index in [1.165, 1.54) is 4.90 Å². The highest BCUT2D eigenvalue weighted by atomic mass is 16.4. The fraction of sp³-hybridized carbons (Fsp3) is 0.615. The maximum absolute atomic E-state index is 12.1. The highest BCUT2D eigenvalue weighted by Crippen LogP contribution is 2.24. The Kier molecular flexibility index (Phi) is 3.96. The monoisotopic (exact) mass is 281 g/mol. The molecule has 2 heterocycles. The van der Waals surface area contributed by atoms with E-state index in [9.17, 15) is 14.7 Å². The van der Waals surface area contributed by atoms with Crippen molar-refractivity contribution >= 4 is 12.0 Å². The first-order valence-electron chi connectivity index (χ1n) is 6.60. The van der Waals surface area contributed by atoms with Crippen LogP contribution in [0, 0.1) is 19.8 Å². The van der Waals surface area contributed by atoms with E-state index < -0.39 is 18.0 Å². The van der Waals surface area contributed by atoms with Crippen molar-refractivity contribution in [3.8, 4) is 0 Å². The van der Waals surface area contributed by atoms with Crippen molar-refractivity contribution in [1.29, 1.82) is 0 Å². The number of carbonyl (C=O) groups excluding carboxylic acids is 1. The van der Waals surface area contributed by atoms with E-state index in [1.807, 2.05) is 13.8 Å². The Hall–Kier alpha value is -2.05. The van der Waals surface area contributed by atoms with Crippen LogP contribution in [0.15, 0.2) is 4.42 Å². The molecule has 1 aliphatic rings. The van der Waals surface area contributed by atoms with Gasteiger partial charge in [0.15, 0.2) is 0 Å². The molecule has 2 amide bonds. The number of rotatable bonds is 3. The number of amides is 2. The summed E-state index contributed by atoms with van der Waals surface area (Å²) in [5.41, 5.74) is 0.785. The van der Waals surface area contributed by atoms with Crippen molar-refractivity contribution in [2.75, 3.05) is 6.54 Å². The summed E-state index contributed by atoms with van der Waals surface area (Å²) in [4.78, 5) is 28.8. The SMILES string of the molecule is Cc1nc(CNC(=O)N2CCC(C)C2C(=O)O)oc1C. The molecule has 0 radical (unpaired) electrons. The van der Waals surface area contributed by atoms with Gasteiger partial charge in [-0.3, -0.25) is 0 Å². The average molecular weight is 281 g/mol. The van der Waals surface area contributed by atoms with Crippen LogP contribution in [0.5, 0.6) is 0 Å². The van der Waals surface area contributed by atoms with Gasteiger partial charge in [-0.2, -0.15) is 0 Å². The molecular weight excluding hydrogens is 262 g/mol. The normalized spacial score (nSPS) is 22.1. The van der Waals surface area contributed by atoms with E-state index in [1.54, 1.807) is 6.92 Å². The standard InChI is InChI=1S/C13H19N3O4/c1-7-4-5-16(11(7)12(17)18)13(19)14-6-10-15-8(2)9(3)20-10/h7,11H,4-6H2,1-3H3,(H,14,19)(H,17,18). The number of carboxylic acids is 1. The zero-order valence-electron chi connectivity index (χ0n) is 11.8. The molecule has 0 saturated carbocycles. The molecule has 1 saturated heterocycles. The van der Waals surface area contributed by atoms with Crippen LogP contribution in [0.3, 0.4) is 0 Å². The van der Waals surface area contributed by atoms with Gasteiger partial charge in [0.1, 0.15) is 11.8 Å². The maximum atomic E-state index is 12.1. The van der Waals surface area contributed by atoms with Crippen LogP contribution in [0.2, 0.25) is 0 Å². The molecule has 2 N–H and O–H groups in total. The van der Waals surface area contributed by atoms with Crippen LogP contribution in [-0.4, -0.2) is 39.6 Å². The van der Waals surface area contributed by atoms with E-state index in [4.69, 9.17) is 4.42 Å². The van der Waals surface area contributed by atoms with Gasteiger partial charge in [0.2, 0.25) is 5.89 Å². The van der Waals surface area contributed by atoms with Crippen LogP contribution in [0.25, 0.3) is 0 Å². The molecule has 1 aromatic rings. The molecule has 0 aromatic carbocycles. The van der Waals surface area contributed by atoms with Crippen LogP contribution in [-0.2, 0) is 11.3 Å². The number of aryl methyl sites for hydroxylation is 2. The predicted octanol–water partition coefficient (Wildman–Crippen LogP) is 1.30. The number of likely N-dealkylation sites (tertiary alicyclic amines) is 1. The largest absolute Gasteiger partial charge is 0.480 e. The number of aliphatic carboxylic acids is 1. The second-order valence-electron chi connectivity index (χ2n) is 5.15. The Bertz CT molecular complexity index is 506. The summed E-state index contributed by atoms with van der Waals surface area (Å²) in [6.07, 6.45) is 0.696. The number of hydrogen-bond donors (Lipinski definition) is 2. The Morgan fingerprint density at radius 3 is 2.75 bits per heavy atom. The first kappa shape index (κ1) is 14.4. The molecule has 1 aliphatic heterocycles. The van der Waals surface area contributed by atoms with Gasteiger partial charge >= 0.3 is 12.0 Å². The van der Waals surface area contributed by atoms with Gasteiger partial charge in [0, 0.05) is 6.54 Å². The number of oxazole rings is 1. The highest BCUT2D eigenvalue weighted by Gasteiger charge is 2.39. The zero-order valence-corrected chi connectivity index (χ0v) is 11.8. The predicted molar refractivity (Wildman–Crippen MR) is 70.1 cm³/mol. The topological polar surface area (TPSA) is 95.7 Å². The Morgan fingerprint density at radius 1 is 1.50 bits per heavy atom. The van der Waals surface area contributed by atoms with Crippen LogP contribution >= 0.6 is 0 Å². The molecule has 2 rings (SSSR count). The Balaban J connectivity index is 1.96. The smallest absolute Gasteiger partial charge is 0.326 e. The van der Waals surface area contributed by atoms with Gasteiger partial charge < -0.3 is 19.7 Å². The van der Waals surface area contributed by atoms with Crippen LogP contribution in [0.1, 0.15) is 30.7 Å². The average Bonchev–Trinajstić information content (AvgIpc) is 2.90. The molecule has 1 aromatic heterocycles. The van der Waals surface area contributed by atoms with Crippen molar-refractivity contribution in [1.82, 2.24) is 15.2 Å². The second-order valence-corrected chi connectivity index (χ2v) is 5.15. The maximum Gasteiger partial charge on any atom is 0.326 e. The van der Waals surface area contributed by atoms with Gasteiger partial charge in [-0.15, -0.1) is 0 Å². The zero-order chi connectivity index (χ0) is 14.9. The van der Waals surface area contributed by atoms with Crippen molar-refractivity contribution in [2.45, 2.75) is 39.8 Å². The van der Waals surface area contributed by atoms with Crippen molar-refractivity contribution in [2.24, 2.45) is 5.92 Å². The van der Waals surface area contributed by atoms with Gasteiger partial charge in [-0.05, 0) is 26.2 Å². The van der Waals surface area contributed by atoms with E-state index in [0.717, 1.165) is 5.69 Å². The quantitative estimate of drug-likeness (QED) is 0.870. The molecule has 2 unspecified atom stereocenters. The Morgan fingerprint density at radius 2 is 2.20 bits per heavy atom. The number of aromatic nitrogens is 1. The minimum atomic E-state index is -0.965. The molecule has 7 heteroatoms. The summed E-state index contributed by atoms with van der Waals surface area (Å²) >= 11 is 0. The van der Waals surface area contributed by atoms with E-state index in [0.29, 0.717) is 24.6 Å². The minimum absolute atomic E-state index is 0.0375. The molecule has 2 atom stereocenters. The van der Waals surface area contributed by atoms with Crippen molar-refractivity contribution < 1.29 is 19.1 Å². The third kappa shape index (κ3) is 2.76. The first-order chi connectivity index (χ1) is 9.40. The van der Waals surface area contributed by atoms with E-state index >= 15 is 0 Å². The lowest BCUT2D eigenvalue weighted by molar-refractivity contribution is -0.142. The summed E-state index contributed by atoms with van der Waals surface area (Å²) in [6, 6.07) is -1.15. The molecule has 1 fully saturated rings. The molecule has 0 bridgehead atoms. The number of carboxylic acid groups (broad SMARTS) is 1. The van der Waals surface area contributed by atoms with Crippen LogP contribution < -0.4 is 5.32 Å². The summed E-state index contributed by atoms with van der Waals surface area (Å²) in [5.74, 6) is 0.136. The van der Waals surface area contributed by atoms with Gasteiger partial charge in [-0.1, -0.05) is 6.92 Å². The summed E-state index contributed by atoms with van der Waals surface area (Å²) in [5, 5.41) is 11.8. The summed E-state index contributed by atoms with van der Waals surface area (Å²) in [7, 11) is 0. The van der Waals surface area contributed by atoms with Gasteiger partial charge in [-0.25, -0.2) is 14.6 Å².